The van der Waals surface area contributed by atoms with E-state index in [4.69, 9.17) is 9.47 Å². The summed E-state index contributed by atoms with van der Waals surface area (Å²) < 4.78 is 13.5. The molecule has 0 saturated heterocycles. The van der Waals surface area contributed by atoms with Crippen LogP contribution in [-0.4, -0.2) is 34.5 Å². The summed E-state index contributed by atoms with van der Waals surface area (Å²) in [5.74, 6) is 0.664. The van der Waals surface area contributed by atoms with Crippen molar-refractivity contribution in [1.82, 2.24) is 14.3 Å². The third-order valence-electron chi connectivity index (χ3n) is 4.69. The highest BCUT2D eigenvalue weighted by atomic mass is 16.5. The van der Waals surface area contributed by atoms with Crippen molar-refractivity contribution in [2.24, 2.45) is 7.05 Å². The Balaban J connectivity index is 1.75. The molecule has 0 bridgehead atoms. The lowest BCUT2D eigenvalue weighted by Crippen LogP contribution is -2.17. The van der Waals surface area contributed by atoms with Crippen LogP contribution in [0.5, 0.6) is 11.5 Å². The second-order valence-corrected chi connectivity index (χ2v) is 6.68. The minimum atomic E-state index is -0.388. The van der Waals surface area contributed by atoms with E-state index in [1.165, 1.54) is 11.8 Å². The maximum absolute atomic E-state index is 13.0. The lowest BCUT2D eigenvalue weighted by Gasteiger charge is -2.12. The van der Waals surface area contributed by atoms with Crippen LogP contribution in [0.25, 0.3) is 16.9 Å². The topological polar surface area (TPSA) is 87.4 Å². The summed E-state index contributed by atoms with van der Waals surface area (Å²) in [4.78, 5) is 25.9. The van der Waals surface area contributed by atoms with Crippen molar-refractivity contribution in [2.45, 2.75) is 0 Å². The first-order chi connectivity index (χ1) is 14.5. The molecule has 0 radical (unpaired) electrons. The second-order valence-electron chi connectivity index (χ2n) is 6.68. The maximum atomic E-state index is 13.0. The molecule has 8 heteroatoms. The van der Waals surface area contributed by atoms with E-state index in [1.54, 1.807) is 61.5 Å². The Bertz CT molecular complexity index is 1240. The number of nitrogens with zero attached hydrogens (tertiary/aromatic N) is 3. The highest BCUT2D eigenvalue weighted by molar-refractivity contribution is 6.08. The van der Waals surface area contributed by atoms with Crippen LogP contribution in [0.15, 0.2) is 65.7 Å². The summed E-state index contributed by atoms with van der Waals surface area (Å²) in [6, 6.07) is 14.2. The van der Waals surface area contributed by atoms with Gasteiger partial charge in [-0.2, -0.15) is 9.78 Å². The maximum Gasteiger partial charge on any atom is 0.282 e. The van der Waals surface area contributed by atoms with E-state index in [0.29, 0.717) is 34.1 Å². The van der Waals surface area contributed by atoms with Crippen molar-refractivity contribution in [3.05, 3.63) is 76.8 Å². The normalized spacial score (nSPS) is 10.8. The number of aryl methyl sites for hydroxylation is 1. The van der Waals surface area contributed by atoms with Gasteiger partial charge in [-0.1, -0.05) is 18.2 Å². The van der Waals surface area contributed by atoms with E-state index in [-0.39, 0.29) is 17.0 Å². The highest BCUT2D eigenvalue weighted by Crippen LogP contribution is 2.30. The van der Waals surface area contributed by atoms with Crippen LogP contribution >= 0.6 is 0 Å². The number of ether oxygens (including phenoxy) is 2. The lowest BCUT2D eigenvalue weighted by atomic mass is 10.1. The lowest BCUT2D eigenvalue weighted by molar-refractivity contribution is 0.102. The number of anilines is 1. The molecule has 0 fully saturated rings. The van der Waals surface area contributed by atoms with Crippen LogP contribution in [0.4, 0.5) is 5.69 Å². The molecule has 2 aromatic rings. The standard InChI is InChI=1S/C22H20N4O4/c1-25-12-16(21(27)23-14-9-10-18(29-2)19(11-14)30-3)20-17(13-25)22(28)26(24-20)15-7-5-4-6-8-15/h4-13H,1-3H3,(H,23,27). The Kier molecular flexibility index (Phi) is 4.97. The number of benzene rings is 2. The molecule has 1 N–H and O–H groups in total. The van der Waals surface area contributed by atoms with Gasteiger partial charge in [0.25, 0.3) is 11.5 Å². The molecule has 152 valence electrons. The smallest absolute Gasteiger partial charge is 0.282 e. The Morgan fingerprint density at radius 1 is 1.00 bits per heavy atom. The number of para-hydroxylation sites is 1. The minimum absolute atomic E-state index is 0.285. The number of carbonyl (C=O) groups is 1. The zero-order chi connectivity index (χ0) is 21.3. The molecule has 8 nitrogen and oxygen atoms in total. The van der Waals surface area contributed by atoms with Gasteiger partial charge in [0, 0.05) is 31.2 Å². The fraction of sp³-hybridized carbons (Fsp3) is 0.136. The van der Waals surface area contributed by atoms with E-state index >= 15 is 0 Å². The van der Waals surface area contributed by atoms with Gasteiger partial charge in [-0.15, -0.1) is 0 Å². The van der Waals surface area contributed by atoms with Crippen molar-refractivity contribution in [1.29, 1.82) is 0 Å². The average molecular weight is 404 g/mol. The quantitative estimate of drug-likeness (QED) is 0.553. The molecular weight excluding hydrogens is 384 g/mol. The third-order valence-corrected chi connectivity index (χ3v) is 4.69. The summed E-state index contributed by atoms with van der Waals surface area (Å²) in [6.45, 7) is 0. The number of amides is 1. The zero-order valence-corrected chi connectivity index (χ0v) is 16.7. The van der Waals surface area contributed by atoms with Gasteiger partial charge in [-0.3, -0.25) is 9.59 Å². The van der Waals surface area contributed by atoms with Crippen LogP contribution in [0, 0.1) is 0 Å². The number of hydrogen-bond acceptors (Lipinski definition) is 5. The Morgan fingerprint density at radius 2 is 1.73 bits per heavy atom. The molecule has 2 aromatic carbocycles. The molecule has 0 unspecified atom stereocenters. The predicted molar refractivity (Wildman–Crippen MR) is 113 cm³/mol. The van der Waals surface area contributed by atoms with E-state index in [0.717, 1.165) is 0 Å². The van der Waals surface area contributed by atoms with Gasteiger partial charge >= 0.3 is 0 Å². The molecular formula is C22H20N4O4. The van der Waals surface area contributed by atoms with E-state index < -0.39 is 0 Å². The molecule has 4 rings (SSSR count). The van der Waals surface area contributed by atoms with Crippen molar-refractivity contribution in [2.75, 3.05) is 19.5 Å². The fourth-order valence-electron chi connectivity index (χ4n) is 3.26. The summed E-state index contributed by atoms with van der Waals surface area (Å²) in [5.41, 5.74) is 1.86. The Labute approximate surface area is 172 Å². The predicted octanol–water partition coefficient (Wildman–Crippen LogP) is 2.95. The summed E-state index contributed by atoms with van der Waals surface area (Å²) in [5, 5.41) is 7.27. The Hall–Kier alpha value is -4.07. The molecule has 0 saturated carbocycles. The van der Waals surface area contributed by atoms with E-state index in [1.807, 2.05) is 18.2 Å². The Morgan fingerprint density at radius 3 is 2.43 bits per heavy atom. The molecule has 0 aliphatic carbocycles. The summed E-state index contributed by atoms with van der Waals surface area (Å²) in [7, 11) is 4.82. The van der Waals surface area contributed by atoms with Gasteiger partial charge < -0.3 is 19.4 Å². The van der Waals surface area contributed by atoms with Crippen LogP contribution in [-0.2, 0) is 7.05 Å². The monoisotopic (exact) mass is 404 g/mol. The van der Waals surface area contributed by atoms with Crippen LogP contribution < -0.4 is 20.3 Å². The van der Waals surface area contributed by atoms with Crippen LogP contribution in [0.3, 0.4) is 0 Å². The summed E-state index contributed by atoms with van der Waals surface area (Å²) in [6.07, 6.45) is 3.30. The molecule has 2 aliphatic heterocycles. The van der Waals surface area contributed by atoms with Gasteiger partial charge in [-0.25, -0.2) is 0 Å². The van der Waals surface area contributed by atoms with Gasteiger partial charge in [0.1, 0.15) is 5.69 Å². The SMILES string of the molecule is COc1ccc(NC(=O)c2cn(C)cc3c(=O)n(-c4ccccc4)nc2-3)cc1OC. The number of nitrogens with one attached hydrogen (secondary N) is 1. The molecule has 30 heavy (non-hydrogen) atoms. The molecule has 0 aromatic heterocycles. The van der Waals surface area contributed by atoms with E-state index in [9.17, 15) is 9.59 Å². The molecule has 2 heterocycles. The number of hydrogen-bond donors (Lipinski definition) is 1. The first kappa shape index (κ1) is 19.3. The minimum Gasteiger partial charge on any atom is -0.493 e. The number of pyridine rings is 1. The van der Waals surface area contributed by atoms with Crippen LogP contribution in [0.2, 0.25) is 0 Å². The average Bonchev–Trinajstić information content (AvgIpc) is 3.10. The molecule has 2 aliphatic rings. The second kappa shape index (κ2) is 7.75. The van der Waals surface area contributed by atoms with Crippen molar-refractivity contribution in [3.8, 4) is 28.4 Å². The molecule has 0 spiro atoms. The van der Waals surface area contributed by atoms with Crippen molar-refractivity contribution in [3.63, 3.8) is 0 Å². The van der Waals surface area contributed by atoms with Crippen LogP contribution in [0.1, 0.15) is 10.4 Å². The largest absolute Gasteiger partial charge is 0.493 e. The number of fused-ring (bicyclic) bond motifs is 1. The van der Waals surface area contributed by atoms with E-state index in [2.05, 4.69) is 10.4 Å². The first-order valence-electron chi connectivity index (χ1n) is 9.19. The number of methoxy groups -OCH3 is 2. The van der Waals surface area contributed by atoms with Gasteiger partial charge in [-0.05, 0) is 24.3 Å². The van der Waals surface area contributed by atoms with Gasteiger partial charge in [0.2, 0.25) is 0 Å². The zero-order valence-electron chi connectivity index (χ0n) is 16.7. The first-order valence-corrected chi connectivity index (χ1v) is 9.19. The van der Waals surface area contributed by atoms with Gasteiger partial charge in [0.15, 0.2) is 11.5 Å². The molecule has 1 amide bonds. The fourth-order valence-corrected chi connectivity index (χ4v) is 3.26. The number of carbonyl (C=O) groups excluding carboxylic acids is 1. The molecule has 0 atom stereocenters. The third kappa shape index (κ3) is 3.39. The number of aromatic nitrogens is 3. The summed E-state index contributed by atoms with van der Waals surface area (Å²) >= 11 is 0. The van der Waals surface area contributed by atoms with Gasteiger partial charge in [0.05, 0.1) is 31.0 Å². The number of rotatable bonds is 5. The highest BCUT2D eigenvalue weighted by Gasteiger charge is 2.24. The van der Waals surface area contributed by atoms with Crippen molar-refractivity contribution >= 4 is 11.6 Å². The van der Waals surface area contributed by atoms with Crippen molar-refractivity contribution < 1.29 is 14.3 Å².